The first-order chi connectivity index (χ1) is 5.20. The van der Waals surface area contributed by atoms with Crippen molar-refractivity contribution in [2.24, 2.45) is 0 Å². The van der Waals surface area contributed by atoms with Gasteiger partial charge >= 0.3 is 0 Å². The van der Waals surface area contributed by atoms with Crippen LogP contribution in [0.15, 0.2) is 16.8 Å². The number of carbonyl (C=O) groups excluding carboxylic acids is 1. The zero-order valence-electron chi connectivity index (χ0n) is 6.00. The third-order valence-corrected chi connectivity index (χ3v) is 2.03. The fourth-order valence-electron chi connectivity index (χ4n) is 0.577. The molecule has 60 valence electrons. The average Bonchev–Trinajstić information content (AvgIpc) is 2.39. The molecule has 1 atom stereocenters. The highest BCUT2D eigenvalue weighted by atomic mass is 35.5. The summed E-state index contributed by atoms with van der Waals surface area (Å²) in [5.74, 6) is -0.162. The zero-order valence-corrected chi connectivity index (χ0v) is 7.58. The van der Waals surface area contributed by atoms with Crippen LogP contribution in [0, 0.1) is 0 Å². The normalized spacial score (nSPS) is 12.5. The summed E-state index contributed by atoms with van der Waals surface area (Å²) in [7, 11) is 0. The molecule has 2 nitrogen and oxygen atoms in total. The van der Waals surface area contributed by atoms with Gasteiger partial charge in [-0.3, -0.25) is 4.79 Å². The van der Waals surface area contributed by atoms with E-state index in [-0.39, 0.29) is 5.91 Å². The number of anilines is 1. The van der Waals surface area contributed by atoms with Crippen LogP contribution in [-0.4, -0.2) is 11.3 Å². The Morgan fingerprint density at radius 1 is 1.82 bits per heavy atom. The van der Waals surface area contributed by atoms with Gasteiger partial charge in [0.25, 0.3) is 0 Å². The quantitative estimate of drug-likeness (QED) is 0.711. The van der Waals surface area contributed by atoms with Gasteiger partial charge in [0.15, 0.2) is 0 Å². The number of alkyl halides is 1. The summed E-state index contributed by atoms with van der Waals surface area (Å²) in [4.78, 5) is 11.0. The van der Waals surface area contributed by atoms with E-state index in [9.17, 15) is 4.79 Å². The van der Waals surface area contributed by atoms with Crippen molar-refractivity contribution in [3.63, 3.8) is 0 Å². The molecule has 1 N–H and O–H groups in total. The highest BCUT2D eigenvalue weighted by molar-refractivity contribution is 7.08. The maximum Gasteiger partial charge on any atom is 0.242 e. The molecule has 1 amide bonds. The van der Waals surface area contributed by atoms with Crippen molar-refractivity contribution in [2.75, 3.05) is 5.32 Å². The molecule has 0 aliphatic carbocycles. The second-order valence-electron chi connectivity index (χ2n) is 2.12. The second-order valence-corrected chi connectivity index (χ2v) is 3.55. The first-order valence-electron chi connectivity index (χ1n) is 3.17. The lowest BCUT2D eigenvalue weighted by Gasteiger charge is -2.02. The molecule has 0 aliphatic rings. The summed E-state index contributed by atoms with van der Waals surface area (Å²) in [6.07, 6.45) is 0. The Kier molecular flexibility index (Phi) is 2.91. The predicted octanol–water partition coefficient (Wildman–Crippen LogP) is 2.31. The van der Waals surface area contributed by atoms with E-state index in [4.69, 9.17) is 11.6 Å². The minimum Gasteiger partial charge on any atom is -0.324 e. The minimum absolute atomic E-state index is 0.162. The van der Waals surface area contributed by atoms with Gasteiger partial charge < -0.3 is 5.32 Å². The third kappa shape index (κ3) is 2.52. The molecule has 11 heavy (non-hydrogen) atoms. The molecule has 0 radical (unpaired) electrons. The van der Waals surface area contributed by atoms with Gasteiger partial charge in [-0.15, -0.1) is 11.6 Å². The fourth-order valence-corrected chi connectivity index (χ4v) is 1.22. The number of amides is 1. The van der Waals surface area contributed by atoms with Crippen LogP contribution in [0.2, 0.25) is 0 Å². The van der Waals surface area contributed by atoms with Crippen molar-refractivity contribution in [1.82, 2.24) is 0 Å². The van der Waals surface area contributed by atoms with Crippen LogP contribution >= 0.6 is 22.9 Å². The predicted molar refractivity (Wildman–Crippen MR) is 48.3 cm³/mol. The van der Waals surface area contributed by atoms with Gasteiger partial charge in [0, 0.05) is 5.38 Å². The van der Waals surface area contributed by atoms with Crippen LogP contribution in [0.4, 0.5) is 5.69 Å². The van der Waals surface area contributed by atoms with Crippen molar-refractivity contribution in [3.05, 3.63) is 16.8 Å². The Morgan fingerprint density at radius 2 is 2.55 bits per heavy atom. The van der Waals surface area contributed by atoms with E-state index in [1.54, 1.807) is 6.92 Å². The van der Waals surface area contributed by atoms with Crippen LogP contribution in [0.5, 0.6) is 0 Å². The topological polar surface area (TPSA) is 29.1 Å². The second kappa shape index (κ2) is 3.74. The van der Waals surface area contributed by atoms with Gasteiger partial charge in [-0.1, -0.05) is 0 Å². The molecular formula is C7H8ClNOS. The van der Waals surface area contributed by atoms with E-state index in [2.05, 4.69) is 5.32 Å². The van der Waals surface area contributed by atoms with Crippen molar-refractivity contribution >= 4 is 34.5 Å². The van der Waals surface area contributed by atoms with Crippen LogP contribution in [0.1, 0.15) is 6.92 Å². The fraction of sp³-hybridized carbons (Fsp3) is 0.286. The van der Waals surface area contributed by atoms with E-state index in [0.29, 0.717) is 0 Å². The maximum absolute atomic E-state index is 11.0. The zero-order chi connectivity index (χ0) is 8.27. The molecule has 1 aromatic rings. The Balaban J connectivity index is 2.50. The number of rotatable bonds is 2. The number of thiophene rings is 1. The van der Waals surface area contributed by atoms with Crippen molar-refractivity contribution in [1.29, 1.82) is 0 Å². The van der Waals surface area contributed by atoms with Gasteiger partial charge in [0.05, 0.1) is 5.69 Å². The molecule has 1 heterocycles. The Hall–Kier alpha value is -0.540. The Morgan fingerprint density at radius 3 is 3.00 bits per heavy atom. The first kappa shape index (κ1) is 8.56. The van der Waals surface area contributed by atoms with Gasteiger partial charge in [-0.05, 0) is 18.4 Å². The summed E-state index contributed by atoms with van der Waals surface area (Å²) in [5, 5.41) is 5.94. The lowest BCUT2D eigenvalue weighted by molar-refractivity contribution is -0.115. The van der Waals surface area contributed by atoms with E-state index in [0.717, 1.165) is 5.69 Å². The van der Waals surface area contributed by atoms with Crippen molar-refractivity contribution in [2.45, 2.75) is 12.3 Å². The number of carbonyl (C=O) groups is 1. The smallest absolute Gasteiger partial charge is 0.242 e. The molecule has 0 saturated heterocycles. The number of nitrogens with one attached hydrogen (secondary N) is 1. The minimum atomic E-state index is -0.477. The SMILES string of the molecule is CC(Cl)C(=O)Nc1ccsc1. The number of halogens is 1. The standard InChI is InChI=1S/C7H8ClNOS/c1-5(8)7(10)9-6-2-3-11-4-6/h2-5H,1H3,(H,9,10). The molecule has 1 rings (SSSR count). The molecule has 0 aliphatic heterocycles. The summed E-state index contributed by atoms with van der Waals surface area (Å²) in [6.45, 7) is 1.64. The van der Waals surface area contributed by atoms with E-state index >= 15 is 0 Å². The Labute approximate surface area is 74.2 Å². The van der Waals surface area contributed by atoms with Crippen LogP contribution in [0.3, 0.4) is 0 Å². The maximum atomic E-state index is 11.0. The molecule has 0 fully saturated rings. The van der Waals surface area contributed by atoms with E-state index < -0.39 is 5.38 Å². The summed E-state index contributed by atoms with van der Waals surface area (Å²) < 4.78 is 0. The lowest BCUT2D eigenvalue weighted by atomic mass is 10.4. The lowest BCUT2D eigenvalue weighted by Crippen LogP contribution is -2.19. The van der Waals surface area contributed by atoms with E-state index in [1.807, 2.05) is 16.8 Å². The van der Waals surface area contributed by atoms with Crippen LogP contribution in [-0.2, 0) is 4.79 Å². The van der Waals surface area contributed by atoms with Gasteiger partial charge in [-0.25, -0.2) is 0 Å². The largest absolute Gasteiger partial charge is 0.324 e. The molecule has 0 saturated carbocycles. The molecule has 0 spiro atoms. The summed E-state index contributed by atoms with van der Waals surface area (Å²) in [5.41, 5.74) is 0.813. The number of hydrogen-bond acceptors (Lipinski definition) is 2. The van der Waals surface area contributed by atoms with Crippen molar-refractivity contribution < 1.29 is 4.79 Å². The van der Waals surface area contributed by atoms with Crippen LogP contribution in [0.25, 0.3) is 0 Å². The van der Waals surface area contributed by atoms with Crippen LogP contribution < -0.4 is 5.32 Å². The summed E-state index contributed by atoms with van der Waals surface area (Å²) in [6, 6.07) is 1.84. The highest BCUT2D eigenvalue weighted by Crippen LogP contribution is 2.12. The first-order valence-corrected chi connectivity index (χ1v) is 4.55. The molecule has 4 heteroatoms. The molecule has 1 aromatic heterocycles. The highest BCUT2D eigenvalue weighted by Gasteiger charge is 2.08. The third-order valence-electron chi connectivity index (χ3n) is 1.15. The number of hydrogen-bond donors (Lipinski definition) is 1. The van der Waals surface area contributed by atoms with E-state index in [1.165, 1.54) is 11.3 Å². The van der Waals surface area contributed by atoms with Gasteiger partial charge in [0.1, 0.15) is 5.38 Å². The molecule has 0 bridgehead atoms. The van der Waals surface area contributed by atoms with Gasteiger partial charge in [0.2, 0.25) is 5.91 Å². The average molecular weight is 190 g/mol. The monoisotopic (exact) mass is 189 g/mol. The molecular weight excluding hydrogens is 182 g/mol. The Bertz CT molecular complexity index is 233. The molecule has 1 unspecified atom stereocenters. The summed E-state index contributed by atoms with van der Waals surface area (Å²) >= 11 is 7.07. The van der Waals surface area contributed by atoms with Crippen molar-refractivity contribution in [3.8, 4) is 0 Å². The molecule has 0 aromatic carbocycles. The van der Waals surface area contributed by atoms with Gasteiger partial charge in [-0.2, -0.15) is 11.3 Å².